The van der Waals surface area contributed by atoms with Crippen LogP contribution in [0.4, 0.5) is 11.4 Å². The maximum Gasteiger partial charge on any atom is 0.178 e. The van der Waals surface area contributed by atoms with Crippen molar-refractivity contribution in [1.29, 1.82) is 0 Å². The summed E-state index contributed by atoms with van der Waals surface area (Å²) in [5, 5.41) is 4.54. The number of halogens is 1. The molecule has 3 rings (SSSR count). The van der Waals surface area contributed by atoms with Crippen LogP contribution in [-0.2, 0) is 6.42 Å². The number of alkyl halides is 1. The van der Waals surface area contributed by atoms with Crippen LogP contribution in [0.1, 0.15) is 57.0 Å². The maximum absolute atomic E-state index is 6.56. The second kappa shape index (κ2) is 8.01. The fraction of sp³-hybridized carbons (Fsp3) is 0.476. The molecule has 0 aliphatic carbocycles. The molecule has 1 aromatic carbocycles. The first-order valence-electron chi connectivity index (χ1n) is 9.36. The summed E-state index contributed by atoms with van der Waals surface area (Å²) < 4.78 is 0. The zero-order valence-electron chi connectivity index (χ0n) is 16.1. The monoisotopic (exact) mass is 389 g/mol. The summed E-state index contributed by atoms with van der Waals surface area (Å²) in [6.45, 7) is 12.6. The van der Waals surface area contributed by atoms with Crippen LogP contribution in [0.5, 0.6) is 0 Å². The van der Waals surface area contributed by atoms with Crippen molar-refractivity contribution in [3.63, 3.8) is 0 Å². The molecule has 1 atom stereocenters. The third-order valence-electron chi connectivity index (χ3n) is 4.70. The van der Waals surface area contributed by atoms with Gasteiger partial charge in [-0.2, -0.15) is 0 Å². The Balaban J connectivity index is 2.00. The van der Waals surface area contributed by atoms with Crippen molar-refractivity contribution in [2.75, 3.05) is 10.2 Å². The molecular formula is C21H28ClN3S. The zero-order chi connectivity index (χ0) is 18.8. The van der Waals surface area contributed by atoms with E-state index in [0.717, 1.165) is 41.2 Å². The van der Waals surface area contributed by atoms with Gasteiger partial charge in [0.2, 0.25) is 0 Å². The minimum atomic E-state index is -0.220. The molecule has 1 N–H and O–H groups in total. The molecule has 0 fully saturated rings. The number of para-hydroxylation sites is 1. The molecule has 0 saturated heterocycles. The molecule has 2 heterocycles. The number of rotatable bonds is 7. The van der Waals surface area contributed by atoms with E-state index in [1.165, 1.54) is 10.6 Å². The second-order valence-electron chi connectivity index (χ2n) is 7.34. The molecular weight excluding hydrogens is 362 g/mol. The first kappa shape index (κ1) is 19.2. The molecule has 1 aliphatic rings. The number of aromatic nitrogens is 1. The Hall–Kier alpha value is -1.52. The molecule has 1 unspecified atom stereocenters. The van der Waals surface area contributed by atoms with Gasteiger partial charge in [0.25, 0.3) is 0 Å². The number of hydrogen-bond donors (Lipinski definition) is 1. The molecule has 3 nitrogen and oxygen atoms in total. The highest BCUT2D eigenvalue weighted by Crippen LogP contribution is 2.45. The van der Waals surface area contributed by atoms with E-state index in [0.29, 0.717) is 12.0 Å². The molecule has 1 aromatic heterocycles. The van der Waals surface area contributed by atoms with Crippen molar-refractivity contribution in [2.24, 2.45) is 0 Å². The van der Waals surface area contributed by atoms with E-state index in [4.69, 9.17) is 16.6 Å². The predicted molar refractivity (Wildman–Crippen MR) is 116 cm³/mol. The molecule has 2 aromatic rings. The van der Waals surface area contributed by atoms with Crippen molar-refractivity contribution >= 4 is 34.3 Å². The first-order chi connectivity index (χ1) is 12.4. The predicted octanol–water partition coefficient (Wildman–Crippen LogP) is 6.60. The molecule has 5 heteroatoms. The average molecular weight is 390 g/mol. The van der Waals surface area contributed by atoms with Crippen molar-refractivity contribution in [1.82, 2.24) is 4.98 Å². The van der Waals surface area contributed by atoms with Gasteiger partial charge in [-0.1, -0.05) is 37.6 Å². The maximum atomic E-state index is 6.56. The second-order valence-corrected chi connectivity index (χ2v) is 8.84. The minimum Gasteiger partial charge on any atom is -0.350 e. The quantitative estimate of drug-likeness (QED) is 0.250. The van der Waals surface area contributed by atoms with Gasteiger partial charge >= 0.3 is 0 Å². The van der Waals surface area contributed by atoms with E-state index < -0.39 is 0 Å². The average Bonchev–Trinajstić information content (AvgIpc) is 3.15. The summed E-state index contributed by atoms with van der Waals surface area (Å²) in [7, 11) is 0. The number of thiazole rings is 1. The van der Waals surface area contributed by atoms with Gasteiger partial charge in [-0.15, -0.1) is 17.9 Å². The van der Waals surface area contributed by atoms with Gasteiger partial charge in [-0.05, 0) is 51.2 Å². The zero-order valence-corrected chi connectivity index (χ0v) is 17.6. The van der Waals surface area contributed by atoms with E-state index in [-0.39, 0.29) is 5.62 Å². The number of allylic oxidation sites excluding steroid dienone is 1. The van der Waals surface area contributed by atoms with E-state index in [1.807, 2.05) is 17.4 Å². The molecule has 0 radical (unpaired) electrons. The molecule has 26 heavy (non-hydrogen) atoms. The summed E-state index contributed by atoms with van der Waals surface area (Å²) in [4.78, 5) is 8.63. The summed E-state index contributed by atoms with van der Waals surface area (Å²) in [6.07, 6.45) is 5.23. The number of unbranched alkanes of at least 4 members (excludes halogenated alkanes) is 1. The van der Waals surface area contributed by atoms with Crippen LogP contribution in [0, 0.1) is 0 Å². The summed E-state index contributed by atoms with van der Waals surface area (Å²) in [6, 6.07) is 6.72. The lowest BCUT2D eigenvalue weighted by Crippen LogP contribution is -2.36. The summed E-state index contributed by atoms with van der Waals surface area (Å²) >= 11 is 8.38. The molecule has 0 spiro atoms. The molecule has 0 saturated carbocycles. The van der Waals surface area contributed by atoms with E-state index in [2.05, 4.69) is 62.7 Å². The number of fused-ring (bicyclic) bond motifs is 1. The Morgan fingerprint density at radius 3 is 2.77 bits per heavy atom. The third kappa shape index (κ3) is 3.63. The Morgan fingerprint density at radius 2 is 2.12 bits per heavy atom. The van der Waals surface area contributed by atoms with Gasteiger partial charge in [-0.25, -0.2) is 4.98 Å². The molecule has 140 valence electrons. The summed E-state index contributed by atoms with van der Waals surface area (Å²) in [5.41, 5.74) is 4.42. The Bertz CT molecular complexity index is 782. The topological polar surface area (TPSA) is 28.2 Å². The number of benzene rings is 1. The van der Waals surface area contributed by atoms with Crippen molar-refractivity contribution in [3.05, 3.63) is 41.4 Å². The van der Waals surface area contributed by atoms with Gasteiger partial charge < -0.3 is 10.2 Å². The Kier molecular flexibility index (Phi) is 5.93. The van der Waals surface area contributed by atoms with Gasteiger partial charge in [0.1, 0.15) is 5.01 Å². The van der Waals surface area contributed by atoms with Crippen molar-refractivity contribution in [2.45, 2.75) is 64.5 Å². The largest absolute Gasteiger partial charge is 0.350 e. The van der Waals surface area contributed by atoms with Crippen molar-refractivity contribution < 1.29 is 0 Å². The van der Waals surface area contributed by atoms with E-state index in [9.17, 15) is 0 Å². The lowest BCUT2D eigenvalue weighted by atomic mass is 10.1. The van der Waals surface area contributed by atoms with E-state index in [1.54, 1.807) is 0 Å². The van der Waals surface area contributed by atoms with Crippen LogP contribution in [-0.4, -0.2) is 16.7 Å². The lowest BCUT2D eigenvalue weighted by Gasteiger charge is -2.26. The fourth-order valence-corrected chi connectivity index (χ4v) is 5.18. The first-order valence-corrected chi connectivity index (χ1v) is 10.6. The van der Waals surface area contributed by atoms with Crippen LogP contribution in [0.3, 0.4) is 0 Å². The van der Waals surface area contributed by atoms with Crippen LogP contribution in [0.15, 0.2) is 30.9 Å². The van der Waals surface area contributed by atoms with Gasteiger partial charge in [0.05, 0.1) is 17.1 Å². The highest BCUT2D eigenvalue weighted by molar-refractivity contribution is 7.15. The lowest BCUT2D eigenvalue weighted by molar-refractivity contribution is 0.700. The summed E-state index contributed by atoms with van der Waals surface area (Å²) in [5.74, 6) is 0.427. The van der Waals surface area contributed by atoms with Gasteiger partial charge in [0.15, 0.2) is 5.62 Å². The number of anilines is 2. The van der Waals surface area contributed by atoms with Crippen LogP contribution < -0.4 is 10.2 Å². The standard InChI is InChI=1S/C21H28ClN3S/c1-6-7-8-12-17-18(13(2)3)23-20(26-17)15-10-9-11-16-19(15)24-21(22)25(16)14(4)5/h6,9-11,13-14,21,24H,1,7-8,12H2,2-5H3. The van der Waals surface area contributed by atoms with Crippen LogP contribution >= 0.6 is 22.9 Å². The van der Waals surface area contributed by atoms with Gasteiger partial charge in [-0.3, -0.25) is 0 Å². The van der Waals surface area contributed by atoms with Crippen LogP contribution in [0.25, 0.3) is 10.6 Å². The SMILES string of the molecule is C=CCCCc1sc(-c2cccc3c2NC(Cl)N3C(C)C)nc1C(C)C. The number of nitrogens with one attached hydrogen (secondary N) is 1. The Morgan fingerprint density at radius 1 is 1.35 bits per heavy atom. The number of aryl methyl sites for hydroxylation is 1. The van der Waals surface area contributed by atoms with E-state index >= 15 is 0 Å². The smallest absolute Gasteiger partial charge is 0.178 e. The van der Waals surface area contributed by atoms with Crippen LogP contribution in [0.2, 0.25) is 0 Å². The fourth-order valence-electron chi connectivity index (χ4n) is 3.45. The minimum absolute atomic E-state index is 0.220. The highest BCUT2D eigenvalue weighted by Gasteiger charge is 2.31. The third-order valence-corrected chi connectivity index (χ3v) is 6.19. The number of nitrogens with zero attached hydrogens (tertiary/aromatic N) is 2. The van der Waals surface area contributed by atoms with Crippen molar-refractivity contribution in [3.8, 4) is 10.6 Å². The number of hydrogen-bond acceptors (Lipinski definition) is 4. The molecule has 0 bridgehead atoms. The Labute approximate surface area is 166 Å². The van der Waals surface area contributed by atoms with Gasteiger partial charge in [0, 0.05) is 16.5 Å². The molecule has 1 aliphatic heterocycles. The normalized spacial score (nSPS) is 16.3. The highest BCUT2D eigenvalue weighted by atomic mass is 35.5. The molecule has 0 amide bonds.